The second kappa shape index (κ2) is 8.79. The van der Waals surface area contributed by atoms with E-state index in [0.29, 0.717) is 5.88 Å². The zero-order valence-corrected chi connectivity index (χ0v) is 18.9. The van der Waals surface area contributed by atoms with Crippen molar-refractivity contribution in [3.8, 4) is 39.8 Å². The number of benzene rings is 2. The van der Waals surface area contributed by atoms with Crippen LogP contribution >= 0.6 is 0 Å². The summed E-state index contributed by atoms with van der Waals surface area (Å²) in [5, 5.41) is 0. The lowest BCUT2D eigenvalue weighted by molar-refractivity contribution is 0.242. The predicted octanol–water partition coefficient (Wildman–Crippen LogP) is 6.95. The average Bonchev–Trinajstić information content (AvgIpc) is 3.22. The minimum absolute atomic E-state index is 0.153. The van der Waals surface area contributed by atoms with Gasteiger partial charge >= 0.3 is 0 Å². The molecule has 0 radical (unpaired) electrons. The molecule has 0 bridgehead atoms. The van der Waals surface area contributed by atoms with Crippen LogP contribution in [-0.2, 0) is 0 Å². The SMILES string of the molecule is Cc1cc2ncc(-c3ccc(Oc4ccccc4)nc3)n2cc1-c1ccc(OC(C)C)cc1. The van der Waals surface area contributed by atoms with Crippen molar-refractivity contribution < 1.29 is 9.47 Å². The molecule has 0 aliphatic rings. The molecular weight excluding hydrogens is 410 g/mol. The van der Waals surface area contributed by atoms with Crippen molar-refractivity contribution in [2.75, 3.05) is 0 Å². The molecule has 5 heteroatoms. The van der Waals surface area contributed by atoms with Gasteiger partial charge in [0.1, 0.15) is 17.1 Å². The minimum atomic E-state index is 0.153. The number of hydrogen-bond acceptors (Lipinski definition) is 4. The molecule has 0 aliphatic heterocycles. The summed E-state index contributed by atoms with van der Waals surface area (Å²) in [6.07, 6.45) is 5.99. The summed E-state index contributed by atoms with van der Waals surface area (Å²) >= 11 is 0. The maximum Gasteiger partial charge on any atom is 0.219 e. The van der Waals surface area contributed by atoms with Gasteiger partial charge in [0.05, 0.1) is 18.0 Å². The normalized spacial score (nSPS) is 11.2. The number of hydrogen-bond donors (Lipinski definition) is 0. The Balaban J connectivity index is 1.46. The number of nitrogens with zero attached hydrogens (tertiary/aromatic N) is 3. The maximum absolute atomic E-state index is 5.82. The van der Waals surface area contributed by atoms with Crippen molar-refractivity contribution in [3.63, 3.8) is 0 Å². The third kappa shape index (κ3) is 4.44. The molecule has 5 nitrogen and oxygen atoms in total. The Bertz CT molecular complexity index is 1370. The smallest absolute Gasteiger partial charge is 0.219 e. The highest BCUT2D eigenvalue weighted by atomic mass is 16.5. The average molecular weight is 436 g/mol. The van der Waals surface area contributed by atoms with Gasteiger partial charge in [-0.15, -0.1) is 0 Å². The van der Waals surface area contributed by atoms with Crippen LogP contribution in [0.1, 0.15) is 19.4 Å². The van der Waals surface area contributed by atoms with E-state index in [1.807, 2.05) is 80.8 Å². The Morgan fingerprint density at radius 2 is 1.55 bits per heavy atom. The summed E-state index contributed by atoms with van der Waals surface area (Å²) in [5.74, 6) is 2.19. The van der Waals surface area contributed by atoms with E-state index in [-0.39, 0.29) is 6.10 Å². The molecule has 0 unspecified atom stereocenters. The summed E-state index contributed by atoms with van der Waals surface area (Å²) in [7, 11) is 0. The van der Waals surface area contributed by atoms with Gasteiger partial charge in [0.15, 0.2) is 0 Å². The second-order valence-electron chi connectivity index (χ2n) is 8.23. The van der Waals surface area contributed by atoms with Crippen LogP contribution in [0.2, 0.25) is 0 Å². The summed E-state index contributed by atoms with van der Waals surface area (Å²) in [5.41, 5.74) is 6.30. The summed E-state index contributed by atoms with van der Waals surface area (Å²) in [6, 6.07) is 23.9. The molecule has 0 saturated carbocycles. The molecule has 33 heavy (non-hydrogen) atoms. The third-order valence-electron chi connectivity index (χ3n) is 5.39. The number of aryl methyl sites for hydroxylation is 1. The highest BCUT2D eigenvalue weighted by Crippen LogP contribution is 2.30. The minimum Gasteiger partial charge on any atom is -0.491 e. The van der Waals surface area contributed by atoms with Crippen LogP contribution in [-0.4, -0.2) is 20.5 Å². The number of imidazole rings is 1. The van der Waals surface area contributed by atoms with Gasteiger partial charge in [-0.3, -0.25) is 4.40 Å². The van der Waals surface area contributed by atoms with Gasteiger partial charge in [-0.1, -0.05) is 30.3 Å². The molecule has 0 fully saturated rings. The van der Waals surface area contributed by atoms with Gasteiger partial charge in [0.2, 0.25) is 5.88 Å². The first-order chi connectivity index (χ1) is 16.1. The Kier molecular flexibility index (Phi) is 5.53. The monoisotopic (exact) mass is 435 g/mol. The van der Waals surface area contributed by atoms with E-state index in [4.69, 9.17) is 9.47 Å². The fourth-order valence-corrected chi connectivity index (χ4v) is 3.82. The van der Waals surface area contributed by atoms with Crippen molar-refractivity contribution in [3.05, 3.63) is 97.0 Å². The van der Waals surface area contributed by atoms with Crippen LogP contribution in [0.5, 0.6) is 17.4 Å². The van der Waals surface area contributed by atoms with Crippen LogP contribution < -0.4 is 9.47 Å². The number of aromatic nitrogens is 3. The Morgan fingerprint density at radius 3 is 2.24 bits per heavy atom. The van der Waals surface area contributed by atoms with Crippen molar-refractivity contribution in [2.24, 2.45) is 0 Å². The van der Waals surface area contributed by atoms with Crippen LogP contribution in [0.15, 0.2) is 91.4 Å². The molecule has 164 valence electrons. The number of fused-ring (bicyclic) bond motifs is 1. The van der Waals surface area contributed by atoms with Crippen molar-refractivity contribution in [1.82, 2.24) is 14.4 Å². The van der Waals surface area contributed by atoms with Gasteiger partial charge in [-0.2, -0.15) is 0 Å². The van der Waals surface area contributed by atoms with Gasteiger partial charge < -0.3 is 9.47 Å². The topological polar surface area (TPSA) is 48.7 Å². The quantitative estimate of drug-likeness (QED) is 0.289. The summed E-state index contributed by atoms with van der Waals surface area (Å²) < 4.78 is 13.7. The third-order valence-corrected chi connectivity index (χ3v) is 5.39. The highest BCUT2D eigenvalue weighted by Gasteiger charge is 2.11. The van der Waals surface area contributed by atoms with E-state index >= 15 is 0 Å². The number of para-hydroxylation sites is 1. The molecular formula is C28H25N3O2. The second-order valence-corrected chi connectivity index (χ2v) is 8.23. The van der Waals surface area contributed by atoms with E-state index in [0.717, 1.165) is 39.5 Å². The standard InChI is InChI=1S/C28H25N3O2/c1-19(2)32-24-12-9-21(10-13-24)25-18-31-26(17-29-27(31)15-20(25)3)22-11-14-28(30-16-22)33-23-7-5-4-6-8-23/h4-19H,1-3H3. The van der Waals surface area contributed by atoms with Crippen molar-refractivity contribution in [2.45, 2.75) is 26.9 Å². The van der Waals surface area contributed by atoms with E-state index < -0.39 is 0 Å². The van der Waals surface area contributed by atoms with E-state index in [2.05, 4.69) is 45.7 Å². The largest absolute Gasteiger partial charge is 0.491 e. The van der Waals surface area contributed by atoms with Gasteiger partial charge in [-0.25, -0.2) is 9.97 Å². The van der Waals surface area contributed by atoms with E-state index in [1.54, 1.807) is 0 Å². The van der Waals surface area contributed by atoms with E-state index in [9.17, 15) is 0 Å². The lowest BCUT2D eigenvalue weighted by Crippen LogP contribution is -2.05. The predicted molar refractivity (Wildman–Crippen MR) is 131 cm³/mol. The first-order valence-electron chi connectivity index (χ1n) is 11.0. The molecule has 0 N–H and O–H groups in total. The van der Waals surface area contributed by atoms with E-state index in [1.165, 1.54) is 5.56 Å². The maximum atomic E-state index is 5.82. The molecule has 0 saturated heterocycles. The molecule has 0 amide bonds. The van der Waals surface area contributed by atoms with Crippen LogP contribution in [0.4, 0.5) is 0 Å². The summed E-state index contributed by atoms with van der Waals surface area (Å²) in [4.78, 5) is 9.10. The highest BCUT2D eigenvalue weighted by molar-refractivity contribution is 5.72. The number of rotatable bonds is 6. The number of ether oxygens (including phenoxy) is 2. The molecule has 0 spiro atoms. The number of pyridine rings is 2. The van der Waals surface area contributed by atoms with Crippen molar-refractivity contribution >= 4 is 5.65 Å². The summed E-state index contributed by atoms with van der Waals surface area (Å²) in [6.45, 7) is 6.17. The van der Waals surface area contributed by atoms with Crippen molar-refractivity contribution in [1.29, 1.82) is 0 Å². The van der Waals surface area contributed by atoms with Gasteiger partial charge in [-0.05, 0) is 68.3 Å². The van der Waals surface area contributed by atoms with Gasteiger partial charge in [0.25, 0.3) is 0 Å². The first kappa shape index (κ1) is 20.8. The molecule has 5 rings (SSSR count). The Labute approximate surface area is 193 Å². The lowest BCUT2D eigenvalue weighted by Gasteiger charge is -2.12. The molecule has 5 aromatic rings. The Morgan fingerprint density at radius 1 is 0.788 bits per heavy atom. The Hall–Kier alpha value is -4.12. The molecule has 0 aliphatic carbocycles. The zero-order chi connectivity index (χ0) is 22.8. The van der Waals surface area contributed by atoms with Crippen LogP contribution in [0.25, 0.3) is 28.0 Å². The fraction of sp³-hybridized carbons (Fsp3) is 0.143. The lowest BCUT2D eigenvalue weighted by atomic mass is 10.0. The fourth-order valence-electron chi connectivity index (χ4n) is 3.82. The molecule has 3 heterocycles. The molecule has 2 aromatic carbocycles. The van der Waals surface area contributed by atoms with Crippen LogP contribution in [0.3, 0.4) is 0 Å². The molecule has 3 aromatic heterocycles. The van der Waals surface area contributed by atoms with Gasteiger partial charge in [0, 0.05) is 29.6 Å². The zero-order valence-electron chi connectivity index (χ0n) is 18.9. The molecule has 0 atom stereocenters. The van der Waals surface area contributed by atoms with Crippen LogP contribution in [0, 0.1) is 6.92 Å². The first-order valence-corrected chi connectivity index (χ1v) is 11.0.